The highest BCUT2D eigenvalue weighted by Crippen LogP contribution is 2.21. The fourth-order valence-corrected chi connectivity index (χ4v) is 5.60. The van der Waals surface area contributed by atoms with Crippen molar-refractivity contribution in [3.05, 3.63) is 88.7 Å². The molecule has 2 aromatic heterocycles. The highest BCUT2D eigenvalue weighted by atomic mass is 32.2. The van der Waals surface area contributed by atoms with Gasteiger partial charge in [-0.05, 0) is 66.2 Å². The Bertz CT molecular complexity index is 1300. The lowest BCUT2D eigenvalue weighted by Crippen LogP contribution is -2.33. The summed E-state index contributed by atoms with van der Waals surface area (Å²) in [5.74, 6) is 0.718. The van der Waals surface area contributed by atoms with E-state index in [1.54, 1.807) is 35.7 Å². The topological polar surface area (TPSA) is 71.5 Å². The van der Waals surface area contributed by atoms with E-state index < -0.39 is 10.0 Å². The SMILES string of the molecule is C[C@H](CNS(=O)(=O)c1cccc2cccnc12)Oc1cccc(CN(C)Cc2ccsc2)c1. The molecule has 0 fully saturated rings. The normalized spacial score (nSPS) is 12.8. The molecule has 8 heteroatoms. The number of nitrogens with zero attached hydrogens (tertiary/aromatic N) is 2. The van der Waals surface area contributed by atoms with Gasteiger partial charge in [-0.25, -0.2) is 13.1 Å². The number of hydrogen-bond donors (Lipinski definition) is 1. The van der Waals surface area contributed by atoms with Gasteiger partial charge >= 0.3 is 0 Å². The molecule has 0 spiro atoms. The molecule has 2 heterocycles. The predicted molar refractivity (Wildman–Crippen MR) is 133 cm³/mol. The Hall–Kier alpha value is -2.78. The van der Waals surface area contributed by atoms with Gasteiger partial charge in [0.25, 0.3) is 0 Å². The fourth-order valence-electron chi connectivity index (χ4n) is 3.65. The summed E-state index contributed by atoms with van der Waals surface area (Å²) in [5.41, 5.74) is 2.90. The smallest absolute Gasteiger partial charge is 0.242 e. The number of nitrogens with one attached hydrogen (secondary N) is 1. The van der Waals surface area contributed by atoms with Gasteiger partial charge in [0.1, 0.15) is 16.7 Å². The predicted octanol–water partition coefficient (Wildman–Crippen LogP) is 4.67. The van der Waals surface area contributed by atoms with E-state index in [-0.39, 0.29) is 17.5 Å². The van der Waals surface area contributed by atoms with Gasteiger partial charge < -0.3 is 4.74 Å². The second-order valence-corrected chi connectivity index (χ2v) is 10.6. The lowest BCUT2D eigenvalue weighted by atomic mass is 10.2. The van der Waals surface area contributed by atoms with Crippen molar-refractivity contribution in [1.82, 2.24) is 14.6 Å². The number of sulfonamides is 1. The fraction of sp³-hybridized carbons (Fsp3) is 0.240. The van der Waals surface area contributed by atoms with Gasteiger partial charge in [-0.1, -0.05) is 30.3 Å². The van der Waals surface area contributed by atoms with Crippen LogP contribution in [0.3, 0.4) is 0 Å². The molecule has 33 heavy (non-hydrogen) atoms. The van der Waals surface area contributed by atoms with E-state index in [0.717, 1.165) is 29.8 Å². The first kappa shape index (κ1) is 23.4. The molecular formula is C25H27N3O3S2. The zero-order chi connectivity index (χ0) is 23.3. The zero-order valence-electron chi connectivity index (χ0n) is 18.6. The first-order chi connectivity index (χ1) is 15.9. The average molecular weight is 482 g/mol. The first-order valence-corrected chi connectivity index (χ1v) is 13.1. The number of para-hydroxylation sites is 1. The maximum atomic E-state index is 12.9. The molecule has 1 N–H and O–H groups in total. The van der Waals surface area contributed by atoms with E-state index in [0.29, 0.717) is 5.52 Å². The summed E-state index contributed by atoms with van der Waals surface area (Å²) >= 11 is 1.70. The van der Waals surface area contributed by atoms with Gasteiger partial charge in [-0.3, -0.25) is 9.88 Å². The van der Waals surface area contributed by atoms with E-state index in [1.165, 1.54) is 5.56 Å². The van der Waals surface area contributed by atoms with Crippen LogP contribution in [0.2, 0.25) is 0 Å². The number of thiophene rings is 1. The molecular weight excluding hydrogens is 454 g/mol. The second-order valence-electron chi connectivity index (χ2n) is 8.06. The molecule has 1 atom stereocenters. The summed E-state index contributed by atoms with van der Waals surface area (Å²) in [4.78, 5) is 6.66. The molecule has 0 aliphatic heterocycles. The molecule has 0 bridgehead atoms. The Morgan fingerprint density at radius 3 is 2.67 bits per heavy atom. The highest BCUT2D eigenvalue weighted by Gasteiger charge is 2.19. The minimum Gasteiger partial charge on any atom is -0.489 e. The highest BCUT2D eigenvalue weighted by molar-refractivity contribution is 7.89. The summed E-state index contributed by atoms with van der Waals surface area (Å²) in [6.45, 7) is 3.67. The molecule has 4 rings (SSSR count). The number of rotatable bonds is 10. The van der Waals surface area contributed by atoms with E-state index in [9.17, 15) is 8.42 Å². The summed E-state index contributed by atoms with van der Waals surface area (Å²) < 4.78 is 34.5. The van der Waals surface area contributed by atoms with E-state index in [4.69, 9.17) is 4.74 Å². The number of pyridine rings is 1. The number of benzene rings is 2. The van der Waals surface area contributed by atoms with Crippen LogP contribution in [-0.4, -0.2) is 38.0 Å². The number of fused-ring (bicyclic) bond motifs is 1. The van der Waals surface area contributed by atoms with Crippen LogP contribution in [0, 0.1) is 0 Å². The summed E-state index contributed by atoms with van der Waals surface area (Å²) in [6.07, 6.45) is 1.25. The molecule has 0 saturated carbocycles. The second kappa shape index (κ2) is 10.4. The van der Waals surface area contributed by atoms with Crippen LogP contribution in [0.15, 0.2) is 82.5 Å². The van der Waals surface area contributed by atoms with Gasteiger partial charge in [0.05, 0.1) is 5.52 Å². The van der Waals surface area contributed by atoms with Crippen LogP contribution in [0.25, 0.3) is 10.9 Å². The van der Waals surface area contributed by atoms with Gasteiger partial charge in [-0.15, -0.1) is 0 Å². The van der Waals surface area contributed by atoms with Crippen LogP contribution in [-0.2, 0) is 23.1 Å². The molecule has 0 radical (unpaired) electrons. The largest absolute Gasteiger partial charge is 0.489 e. The van der Waals surface area contributed by atoms with Crippen molar-refractivity contribution in [2.24, 2.45) is 0 Å². The Morgan fingerprint density at radius 1 is 1.06 bits per heavy atom. The van der Waals surface area contributed by atoms with Crippen molar-refractivity contribution < 1.29 is 13.2 Å². The van der Waals surface area contributed by atoms with Crippen LogP contribution in [0.5, 0.6) is 5.75 Å². The van der Waals surface area contributed by atoms with Crippen LogP contribution >= 0.6 is 11.3 Å². The van der Waals surface area contributed by atoms with Gasteiger partial charge in [-0.2, -0.15) is 11.3 Å². The Labute approximate surface area is 198 Å². The first-order valence-electron chi connectivity index (χ1n) is 10.7. The molecule has 0 saturated heterocycles. The molecule has 0 aliphatic carbocycles. The van der Waals surface area contributed by atoms with Crippen molar-refractivity contribution in [3.63, 3.8) is 0 Å². The zero-order valence-corrected chi connectivity index (χ0v) is 20.3. The van der Waals surface area contributed by atoms with Gasteiger partial charge in [0.2, 0.25) is 10.0 Å². The Morgan fingerprint density at radius 2 is 1.85 bits per heavy atom. The van der Waals surface area contributed by atoms with E-state index >= 15 is 0 Å². The van der Waals surface area contributed by atoms with Crippen molar-refractivity contribution >= 4 is 32.3 Å². The van der Waals surface area contributed by atoms with Crippen LogP contribution < -0.4 is 9.46 Å². The Balaban J connectivity index is 1.36. The summed E-state index contributed by atoms with van der Waals surface area (Å²) in [6, 6.07) is 18.8. The maximum Gasteiger partial charge on any atom is 0.242 e. The molecule has 6 nitrogen and oxygen atoms in total. The molecule has 2 aromatic carbocycles. The average Bonchev–Trinajstić information content (AvgIpc) is 3.30. The minimum absolute atomic E-state index is 0.147. The standard InChI is InChI=1S/C25H27N3O3S2/c1-19(15-27-33(29,30)24-10-4-7-22-8-5-12-26-25(22)24)31-23-9-3-6-20(14-23)16-28(2)17-21-11-13-32-18-21/h3-14,18-19,27H,15-17H2,1-2H3/t19-/m1/s1. The lowest BCUT2D eigenvalue weighted by Gasteiger charge is -2.19. The van der Waals surface area contributed by atoms with Gasteiger partial charge in [0, 0.05) is 31.2 Å². The summed E-state index contributed by atoms with van der Waals surface area (Å²) in [7, 11) is -1.63. The monoisotopic (exact) mass is 481 g/mol. The molecule has 172 valence electrons. The number of ether oxygens (including phenoxy) is 1. The molecule has 0 unspecified atom stereocenters. The third kappa shape index (κ3) is 6.17. The van der Waals surface area contributed by atoms with Gasteiger partial charge in [0.15, 0.2) is 0 Å². The lowest BCUT2D eigenvalue weighted by molar-refractivity contribution is 0.224. The maximum absolute atomic E-state index is 12.9. The van der Waals surface area contributed by atoms with Crippen molar-refractivity contribution in [2.45, 2.75) is 31.0 Å². The van der Waals surface area contributed by atoms with Crippen molar-refractivity contribution in [2.75, 3.05) is 13.6 Å². The molecule has 4 aromatic rings. The molecule has 0 amide bonds. The third-order valence-electron chi connectivity index (χ3n) is 5.17. The Kier molecular flexibility index (Phi) is 7.39. The number of hydrogen-bond acceptors (Lipinski definition) is 6. The van der Waals surface area contributed by atoms with Crippen LogP contribution in [0.4, 0.5) is 0 Å². The van der Waals surface area contributed by atoms with E-state index in [2.05, 4.69) is 44.5 Å². The number of aromatic nitrogens is 1. The molecule has 0 aliphatic rings. The quantitative estimate of drug-likeness (QED) is 0.356. The third-order valence-corrected chi connectivity index (χ3v) is 7.35. The van der Waals surface area contributed by atoms with Crippen molar-refractivity contribution in [3.8, 4) is 5.75 Å². The van der Waals surface area contributed by atoms with Crippen molar-refractivity contribution in [1.29, 1.82) is 0 Å². The minimum atomic E-state index is -3.72. The van der Waals surface area contributed by atoms with Crippen LogP contribution in [0.1, 0.15) is 18.1 Å². The van der Waals surface area contributed by atoms with E-state index in [1.807, 2.05) is 37.3 Å². The summed E-state index contributed by atoms with van der Waals surface area (Å²) in [5, 5.41) is 5.03.